The smallest absolute Gasteiger partial charge is 0.270 e. The third-order valence-electron chi connectivity index (χ3n) is 5.10. The Bertz CT molecular complexity index is 1530. The number of thiophene rings is 1. The molecule has 2 heterocycles. The Morgan fingerprint density at radius 2 is 1.79 bits per heavy atom. The summed E-state index contributed by atoms with van der Waals surface area (Å²) in [5.41, 5.74) is 0.992. The van der Waals surface area contributed by atoms with E-state index in [-0.39, 0.29) is 22.8 Å². The second-order valence-corrected chi connectivity index (χ2v) is 9.61. The first-order chi connectivity index (χ1) is 16.5. The normalized spacial score (nSPS) is 11.1. The summed E-state index contributed by atoms with van der Waals surface area (Å²) in [6.07, 6.45) is 0. The Balaban J connectivity index is 1.51. The minimum absolute atomic E-state index is 0.0479. The minimum atomic E-state index is -0.517. The molecule has 0 amide bonds. The summed E-state index contributed by atoms with van der Waals surface area (Å²) in [7, 11) is 0. The van der Waals surface area contributed by atoms with Gasteiger partial charge in [0.05, 0.1) is 20.6 Å². The first-order valence-electron chi connectivity index (χ1n) is 10.1. The van der Waals surface area contributed by atoms with E-state index in [0.29, 0.717) is 16.0 Å². The van der Waals surface area contributed by atoms with Gasteiger partial charge >= 0.3 is 0 Å². The van der Waals surface area contributed by atoms with E-state index < -0.39 is 4.92 Å². The highest BCUT2D eigenvalue weighted by Gasteiger charge is 2.22. The molecule has 0 saturated heterocycles. The molecular weight excluding hydrogens is 492 g/mol. The van der Waals surface area contributed by atoms with Crippen LogP contribution >= 0.6 is 34.7 Å². The van der Waals surface area contributed by atoms with Gasteiger partial charge in [0.1, 0.15) is 0 Å². The Labute approximate surface area is 207 Å². The second kappa shape index (κ2) is 9.38. The van der Waals surface area contributed by atoms with Gasteiger partial charge in [0.25, 0.3) is 5.69 Å². The molecule has 34 heavy (non-hydrogen) atoms. The fourth-order valence-corrected chi connectivity index (χ4v) is 5.82. The number of thioether (sulfide) groups is 1. The maximum Gasteiger partial charge on any atom is 0.270 e. The lowest BCUT2D eigenvalue weighted by Crippen LogP contribution is -2.05. The summed E-state index contributed by atoms with van der Waals surface area (Å²) in [6.45, 7) is 0. The molecule has 5 rings (SSSR count). The Morgan fingerprint density at radius 3 is 2.56 bits per heavy atom. The second-order valence-electron chi connectivity index (χ2n) is 7.24. The third-order valence-corrected chi connectivity index (χ3v) is 7.70. The van der Waals surface area contributed by atoms with E-state index in [2.05, 4.69) is 10.2 Å². The summed E-state index contributed by atoms with van der Waals surface area (Å²) in [5, 5.41) is 21.9. The van der Waals surface area contributed by atoms with Gasteiger partial charge in [0.15, 0.2) is 16.8 Å². The zero-order chi connectivity index (χ0) is 23.7. The van der Waals surface area contributed by atoms with Crippen LogP contribution in [0.4, 0.5) is 5.69 Å². The fraction of sp³-hybridized carbons (Fsp3) is 0.0417. The van der Waals surface area contributed by atoms with Gasteiger partial charge in [-0.15, -0.1) is 21.5 Å². The quantitative estimate of drug-likeness (QED) is 0.106. The summed E-state index contributed by atoms with van der Waals surface area (Å²) < 4.78 is 2.92. The van der Waals surface area contributed by atoms with Crippen molar-refractivity contribution in [3.8, 4) is 16.4 Å². The Morgan fingerprint density at radius 1 is 1.03 bits per heavy atom. The molecule has 0 aliphatic heterocycles. The molecule has 0 unspecified atom stereocenters. The van der Waals surface area contributed by atoms with Crippen LogP contribution in [0.2, 0.25) is 5.02 Å². The fourth-order valence-electron chi connectivity index (χ4n) is 3.48. The van der Waals surface area contributed by atoms with E-state index in [1.165, 1.54) is 41.3 Å². The summed E-state index contributed by atoms with van der Waals surface area (Å²) in [5.74, 6) is 0.396. The lowest BCUT2D eigenvalue weighted by atomic mass is 10.1. The molecule has 0 bridgehead atoms. The van der Waals surface area contributed by atoms with E-state index in [0.717, 1.165) is 20.7 Å². The third kappa shape index (κ3) is 4.21. The molecule has 0 radical (unpaired) electrons. The molecule has 0 N–H and O–H groups in total. The molecule has 0 aliphatic rings. The molecule has 7 nitrogen and oxygen atoms in total. The number of fused-ring (bicyclic) bond motifs is 1. The number of nitro benzene ring substituents is 1. The van der Waals surface area contributed by atoms with E-state index in [1.54, 1.807) is 6.07 Å². The van der Waals surface area contributed by atoms with Gasteiger partial charge in [-0.25, -0.2) is 0 Å². The monoisotopic (exact) mass is 506 g/mol. The van der Waals surface area contributed by atoms with Crippen molar-refractivity contribution in [3.63, 3.8) is 0 Å². The van der Waals surface area contributed by atoms with Gasteiger partial charge in [-0.05, 0) is 18.2 Å². The first-order valence-corrected chi connectivity index (χ1v) is 12.3. The van der Waals surface area contributed by atoms with Gasteiger partial charge in [-0.1, -0.05) is 71.9 Å². The Kier molecular flexibility index (Phi) is 6.14. The van der Waals surface area contributed by atoms with Crippen LogP contribution < -0.4 is 0 Å². The van der Waals surface area contributed by atoms with Crippen LogP contribution in [0.5, 0.6) is 0 Å². The summed E-state index contributed by atoms with van der Waals surface area (Å²) in [4.78, 5) is 24.1. The number of benzene rings is 3. The van der Waals surface area contributed by atoms with Crippen molar-refractivity contribution in [3.05, 3.63) is 99.6 Å². The lowest BCUT2D eigenvalue weighted by Gasteiger charge is -2.09. The average molecular weight is 507 g/mol. The van der Waals surface area contributed by atoms with Crippen LogP contribution in [0.25, 0.3) is 26.5 Å². The topological polar surface area (TPSA) is 90.9 Å². The molecule has 10 heteroatoms. The number of Topliss-reactive ketones (excluding diaryl/α,β-unsaturated/α-hetero) is 1. The number of rotatable bonds is 7. The molecule has 0 spiro atoms. The highest BCUT2D eigenvalue weighted by atomic mass is 35.5. The summed E-state index contributed by atoms with van der Waals surface area (Å²) >= 11 is 9.47. The van der Waals surface area contributed by atoms with Gasteiger partial charge in [-0.3, -0.25) is 19.5 Å². The highest BCUT2D eigenvalue weighted by Crippen LogP contribution is 2.42. The van der Waals surface area contributed by atoms with Crippen LogP contribution in [0.3, 0.4) is 0 Å². The zero-order valence-electron chi connectivity index (χ0n) is 17.4. The van der Waals surface area contributed by atoms with Crippen molar-refractivity contribution in [2.24, 2.45) is 0 Å². The zero-order valence-corrected chi connectivity index (χ0v) is 19.8. The van der Waals surface area contributed by atoms with Crippen LogP contribution in [0.15, 0.2) is 84.0 Å². The molecule has 168 valence electrons. The van der Waals surface area contributed by atoms with Crippen molar-refractivity contribution >= 4 is 56.3 Å². The van der Waals surface area contributed by atoms with Gasteiger partial charge in [-0.2, -0.15) is 0 Å². The minimum Gasteiger partial charge on any atom is -0.293 e. The van der Waals surface area contributed by atoms with E-state index in [9.17, 15) is 14.9 Å². The van der Waals surface area contributed by atoms with Crippen molar-refractivity contribution in [1.82, 2.24) is 14.8 Å². The van der Waals surface area contributed by atoms with Crippen molar-refractivity contribution in [1.29, 1.82) is 0 Å². The number of nitrogens with zero attached hydrogens (tertiary/aromatic N) is 4. The van der Waals surface area contributed by atoms with Gasteiger partial charge < -0.3 is 0 Å². The summed E-state index contributed by atoms with van der Waals surface area (Å²) in [6, 6.07) is 23.2. The predicted octanol–water partition coefficient (Wildman–Crippen LogP) is 6.69. The molecule has 2 aromatic heterocycles. The SMILES string of the molecule is O=C(CSc1nnc(-c2sc3ccccc3c2Cl)n1-c1ccccc1)c1cccc([N+](=O)[O-])c1. The molecular formula is C24H15ClN4O3S2. The number of para-hydroxylation sites is 1. The number of hydrogen-bond acceptors (Lipinski definition) is 7. The predicted molar refractivity (Wildman–Crippen MR) is 135 cm³/mol. The molecule has 0 fully saturated rings. The van der Waals surface area contributed by atoms with Crippen molar-refractivity contribution in [2.45, 2.75) is 5.16 Å². The van der Waals surface area contributed by atoms with Crippen molar-refractivity contribution < 1.29 is 9.72 Å². The average Bonchev–Trinajstić information content (AvgIpc) is 3.44. The Hall–Kier alpha value is -3.53. The standard InChI is InChI=1S/C24H15ClN4O3S2/c25-21-18-11-4-5-12-20(18)34-22(21)23-26-27-24(28(23)16-8-2-1-3-9-16)33-14-19(30)15-7-6-10-17(13-15)29(31)32/h1-13H,14H2. The number of hydrogen-bond donors (Lipinski definition) is 0. The number of carbonyl (C=O) groups is 1. The molecule has 0 atom stereocenters. The van der Waals surface area contributed by atoms with E-state index >= 15 is 0 Å². The molecule has 5 aromatic rings. The van der Waals surface area contributed by atoms with E-state index in [4.69, 9.17) is 11.6 Å². The molecule has 0 saturated carbocycles. The number of non-ortho nitro benzene ring substituents is 1. The number of nitro groups is 1. The maximum absolute atomic E-state index is 12.8. The van der Waals surface area contributed by atoms with Crippen LogP contribution in [-0.2, 0) is 0 Å². The first kappa shape index (κ1) is 22.3. The van der Waals surface area contributed by atoms with Crippen LogP contribution in [0.1, 0.15) is 10.4 Å². The number of ketones is 1. The van der Waals surface area contributed by atoms with Crippen LogP contribution in [0, 0.1) is 10.1 Å². The van der Waals surface area contributed by atoms with Gasteiger partial charge in [0, 0.05) is 33.5 Å². The number of aromatic nitrogens is 3. The van der Waals surface area contributed by atoms with Crippen molar-refractivity contribution in [2.75, 3.05) is 5.75 Å². The van der Waals surface area contributed by atoms with E-state index in [1.807, 2.05) is 59.2 Å². The molecule has 3 aromatic carbocycles. The molecule has 0 aliphatic carbocycles. The highest BCUT2D eigenvalue weighted by molar-refractivity contribution is 7.99. The number of halogens is 1. The largest absolute Gasteiger partial charge is 0.293 e. The van der Waals surface area contributed by atoms with Crippen LogP contribution in [-0.4, -0.2) is 31.2 Å². The lowest BCUT2D eigenvalue weighted by molar-refractivity contribution is -0.384. The van der Waals surface area contributed by atoms with Gasteiger partial charge in [0.2, 0.25) is 0 Å². The maximum atomic E-state index is 12.8. The number of carbonyl (C=O) groups excluding carboxylic acids is 1.